The van der Waals surface area contributed by atoms with Gasteiger partial charge >= 0.3 is 0 Å². The first-order chi connectivity index (χ1) is 6.70. The van der Waals surface area contributed by atoms with Crippen molar-refractivity contribution in [1.82, 2.24) is 0 Å². The molecule has 1 nitrogen and oxygen atoms in total. The summed E-state index contributed by atoms with van der Waals surface area (Å²) in [7, 11) is 0. The summed E-state index contributed by atoms with van der Waals surface area (Å²) in [6, 6.07) is 0. The summed E-state index contributed by atoms with van der Waals surface area (Å²) in [6.45, 7) is 6.44. The molecule has 0 aromatic heterocycles. The van der Waals surface area contributed by atoms with Crippen LogP contribution < -0.4 is 0 Å². The van der Waals surface area contributed by atoms with Crippen molar-refractivity contribution in [3.8, 4) is 0 Å². The molecule has 0 N–H and O–H groups in total. The maximum Gasteiger partial charge on any atom is 0.155 e. The SMILES string of the molecule is CCCCCC(C)/C=C\C(=O)CCC. The lowest BCUT2D eigenvalue weighted by molar-refractivity contribution is -0.114. The number of hydrogen-bond acceptors (Lipinski definition) is 1. The van der Waals surface area contributed by atoms with Gasteiger partial charge in [0.25, 0.3) is 0 Å². The van der Waals surface area contributed by atoms with E-state index in [4.69, 9.17) is 0 Å². The number of allylic oxidation sites excluding steroid dienone is 2. The van der Waals surface area contributed by atoms with E-state index in [-0.39, 0.29) is 5.78 Å². The number of hydrogen-bond donors (Lipinski definition) is 0. The van der Waals surface area contributed by atoms with Crippen molar-refractivity contribution in [1.29, 1.82) is 0 Å². The molecule has 1 unspecified atom stereocenters. The van der Waals surface area contributed by atoms with Gasteiger partial charge < -0.3 is 0 Å². The van der Waals surface area contributed by atoms with Crippen LogP contribution in [0.25, 0.3) is 0 Å². The van der Waals surface area contributed by atoms with E-state index in [1.54, 1.807) is 6.08 Å². The lowest BCUT2D eigenvalue weighted by atomic mass is 10.0. The molecule has 14 heavy (non-hydrogen) atoms. The van der Waals surface area contributed by atoms with Crippen molar-refractivity contribution in [2.75, 3.05) is 0 Å². The third-order valence-corrected chi connectivity index (χ3v) is 2.37. The van der Waals surface area contributed by atoms with Gasteiger partial charge in [0.1, 0.15) is 0 Å². The molecule has 0 aromatic carbocycles. The van der Waals surface area contributed by atoms with Gasteiger partial charge in [0, 0.05) is 6.42 Å². The molecule has 0 aliphatic heterocycles. The first-order valence-corrected chi connectivity index (χ1v) is 5.91. The van der Waals surface area contributed by atoms with Crippen LogP contribution in [0.15, 0.2) is 12.2 Å². The summed E-state index contributed by atoms with van der Waals surface area (Å²) in [5.41, 5.74) is 0. The van der Waals surface area contributed by atoms with Crippen LogP contribution in [0.1, 0.15) is 59.3 Å². The molecule has 0 aliphatic carbocycles. The second-order valence-corrected chi connectivity index (χ2v) is 4.05. The van der Waals surface area contributed by atoms with Gasteiger partial charge in [-0.3, -0.25) is 4.79 Å². The van der Waals surface area contributed by atoms with E-state index in [0.29, 0.717) is 12.3 Å². The normalized spacial score (nSPS) is 13.4. The largest absolute Gasteiger partial charge is 0.295 e. The second-order valence-electron chi connectivity index (χ2n) is 4.05. The highest BCUT2D eigenvalue weighted by atomic mass is 16.1. The molecule has 1 atom stereocenters. The Hall–Kier alpha value is -0.590. The fourth-order valence-electron chi connectivity index (χ4n) is 1.41. The highest BCUT2D eigenvalue weighted by molar-refractivity contribution is 5.89. The first kappa shape index (κ1) is 13.4. The summed E-state index contributed by atoms with van der Waals surface area (Å²) >= 11 is 0. The molecular weight excluding hydrogens is 172 g/mol. The zero-order valence-electron chi connectivity index (χ0n) is 9.88. The summed E-state index contributed by atoms with van der Waals surface area (Å²) in [5.74, 6) is 0.831. The van der Waals surface area contributed by atoms with Crippen molar-refractivity contribution >= 4 is 5.78 Å². The molecule has 0 rings (SSSR count). The smallest absolute Gasteiger partial charge is 0.155 e. The van der Waals surface area contributed by atoms with Gasteiger partial charge in [-0.15, -0.1) is 0 Å². The number of carbonyl (C=O) groups excluding carboxylic acids is 1. The van der Waals surface area contributed by atoms with Gasteiger partial charge in [-0.2, -0.15) is 0 Å². The van der Waals surface area contributed by atoms with Crippen molar-refractivity contribution in [2.45, 2.75) is 59.3 Å². The molecule has 0 heterocycles. The monoisotopic (exact) mass is 196 g/mol. The second kappa shape index (κ2) is 8.98. The number of unbranched alkanes of at least 4 members (excludes halogenated alkanes) is 2. The van der Waals surface area contributed by atoms with E-state index < -0.39 is 0 Å². The minimum absolute atomic E-state index is 0.273. The Morgan fingerprint density at radius 1 is 1.21 bits per heavy atom. The van der Waals surface area contributed by atoms with Crippen LogP contribution in [-0.2, 0) is 4.79 Å². The highest BCUT2D eigenvalue weighted by Gasteiger charge is 1.98. The molecule has 0 aliphatic rings. The van der Waals surface area contributed by atoms with Crippen LogP contribution in [0.3, 0.4) is 0 Å². The van der Waals surface area contributed by atoms with Crippen LogP contribution in [0.5, 0.6) is 0 Å². The maximum absolute atomic E-state index is 11.2. The van der Waals surface area contributed by atoms with E-state index in [1.807, 2.05) is 6.92 Å². The van der Waals surface area contributed by atoms with Crippen molar-refractivity contribution in [2.24, 2.45) is 5.92 Å². The Labute approximate surface area is 88.6 Å². The number of rotatable bonds is 8. The average molecular weight is 196 g/mol. The summed E-state index contributed by atoms with van der Waals surface area (Å²) in [4.78, 5) is 11.2. The molecule has 0 saturated heterocycles. The summed E-state index contributed by atoms with van der Waals surface area (Å²) in [5, 5.41) is 0. The maximum atomic E-state index is 11.2. The van der Waals surface area contributed by atoms with E-state index in [2.05, 4.69) is 19.9 Å². The molecule has 1 heteroatoms. The van der Waals surface area contributed by atoms with Crippen molar-refractivity contribution in [3.63, 3.8) is 0 Å². The molecule has 0 radical (unpaired) electrons. The van der Waals surface area contributed by atoms with Crippen LogP contribution in [0, 0.1) is 5.92 Å². The molecular formula is C13H24O. The Balaban J connectivity index is 3.58. The van der Waals surface area contributed by atoms with E-state index in [9.17, 15) is 4.79 Å². The molecule has 0 fully saturated rings. The van der Waals surface area contributed by atoms with Crippen LogP contribution in [-0.4, -0.2) is 5.78 Å². The van der Waals surface area contributed by atoms with Gasteiger partial charge in [0.15, 0.2) is 5.78 Å². The van der Waals surface area contributed by atoms with E-state index in [0.717, 1.165) is 6.42 Å². The minimum atomic E-state index is 0.273. The minimum Gasteiger partial charge on any atom is -0.295 e. The van der Waals surface area contributed by atoms with Crippen molar-refractivity contribution in [3.05, 3.63) is 12.2 Å². The first-order valence-electron chi connectivity index (χ1n) is 5.91. The van der Waals surface area contributed by atoms with Gasteiger partial charge in [0.05, 0.1) is 0 Å². The number of carbonyl (C=O) groups is 1. The Morgan fingerprint density at radius 3 is 2.50 bits per heavy atom. The highest BCUT2D eigenvalue weighted by Crippen LogP contribution is 2.10. The number of ketones is 1. The Kier molecular flexibility index (Phi) is 8.61. The van der Waals surface area contributed by atoms with Crippen molar-refractivity contribution < 1.29 is 4.79 Å². The molecule has 0 saturated carbocycles. The Bertz CT molecular complexity index is 170. The van der Waals surface area contributed by atoms with Crippen LogP contribution in [0.4, 0.5) is 0 Å². The van der Waals surface area contributed by atoms with E-state index in [1.165, 1.54) is 25.7 Å². The standard InChI is InChI=1S/C13H24O/c1-4-6-7-9-12(3)10-11-13(14)8-5-2/h10-12H,4-9H2,1-3H3/b11-10-. The zero-order valence-corrected chi connectivity index (χ0v) is 9.88. The zero-order chi connectivity index (χ0) is 10.8. The predicted molar refractivity (Wildman–Crippen MR) is 62.4 cm³/mol. The van der Waals surface area contributed by atoms with Gasteiger partial charge in [-0.05, 0) is 24.8 Å². The molecule has 0 amide bonds. The quantitative estimate of drug-likeness (QED) is 0.421. The molecule has 0 bridgehead atoms. The lowest BCUT2D eigenvalue weighted by Crippen LogP contribution is -1.94. The predicted octanol–water partition coefficient (Wildman–Crippen LogP) is 4.13. The third-order valence-electron chi connectivity index (χ3n) is 2.37. The third kappa shape index (κ3) is 8.03. The molecule has 0 aromatic rings. The van der Waals surface area contributed by atoms with Gasteiger partial charge in [-0.25, -0.2) is 0 Å². The summed E-state index contributed by atoms with van der Waals surface area (Å²) in [6.07, 6.45) is 10.5. The molecule has 82 valence electrons. The fourth-order valence-corrected chi connectivity index (χ4v) is 1.41. The fraction of sp³-hybridized carbons (Fsp3) is 0.769. The van der Waals surface area contributed by atoms with Gasteiger partial charge in [-0.1, -0.05) is 46.1 Å². The van der Waals surface area contributed by atoms with E-state index >= 15 is 0 Å². The van der Waals surface area contributed by atoms with Crippen LogP contribution >= 0.6 is 0 Å². The topological polar surface area (TPSA) is 17.1 Å². The average Bonchev–Trinajstić information content (AvgIpc) is 2.16. The molecule has 0 spiro atoms. The summed E-state index contributed by atoms with van der Waals surface area (Å²) < 4.78 is 0. The lowest BCUT2D eigenvalue weighted by Gasteiger charge is -2.04. The Morgan fingerprint density at radius 2 is 1.93 bits per heavy atom. The van der Waals surface area contributed by atoms with Gasteiger partial charge in [0.2, 0.25) is 0 Å². The van der Waals surface area contributed by atoms with Crippen LogP contribution in [0.2, 0.25) is 0 Å².